The summed E-state index contributed by atoms with van der Waals surface area (Å²) in [6, 6.07) is 11.7. The Labute approximate surface area is 178 Å². The zero-order valence-corrected chi connectivity index (χ0v) is 18.6. The normalized spacial score (nSPS) is 11.1. The monoisotopic (exact) mass is 413 g/mol. The number of aromatic nitrogens is 1. The Bertz CT molecular complexity index is 911. The lowest BCUT2D eigenvalue weighted by Crippen LogP contribution is -2.46. The fourth-order valence-corrected chi connectivity index (χ4v) is 3.09. The van der Waals surface area contributed by atoms with Crippen molar-refractivity contribution in [3.8, 4) is 0 Å². The van der Waals surface area contributed by atoms with E-state index in [1.165, 1.54) is 11.9 Å². The average Bonchev–Trinajstić information content (AvgIpc) is 2.93. The number of carbonyl (C=O) groups is 3. The molecule has 1 N–H and O–H groups in total. The maximum Gasteiger partial charge on any atom is 0.340 e. The predicted molar refractivity (Wildman–Crippen MR) is 115 cm³/mol. The molecule has 2 rings (SSSR count). The van der Waals surface area contributed by atoms with Gasteiger partial charge in [0.25, 0.3) is 5.91 Å². The summed E-state index contributed by atoms with van der Waals surface area (Å²) < 4.78 is 7.26. The summed E-state index contributed by atoms with van der Waals surface area (Å²) in [5.41, 5.74) is 2.90. The third-order valence-corrected chi connectivity index (χ3v) is 4.62. The van der Waals surface area contributed by atoms with Gasteiger partial charge in [0.1, 0.15) is 0 Å². The molecule has 0 unspecified atom stereocenters. The first kappa shape index (κ1) is 23.2. The summed E-state index contributed by atoms with van der Waals surface area (Å²) in [6.07, 6.45) is 0. The van der Waals surface area contributed by atoms with Gasteiger partial charge < -0.3 is 19.5 Å². The van der Waals surface area contributed by atoms with Crippen LogP contribution in [0.5, 0.6) is 0 Å². The number of esters is 1. The van der Waals surface area contributed by atoms with Crippen LogP contribution in [-0.2, 0) is 20.9 Å². The van der Waals surface area contributed by atoms with Crippen molar-refractivity contribution in [2.75, 3.05) is 20.2 Å². The van der Waals surface area contributed by atoms with Gasteiger partial charge in [-0.3, -0.25) is 9.59 Å². The average molecular weight is 414 g/mol. The van der Waals surface area contributed by atoms with Gasteiger partial charge in [-0.25, -0.2) is 4.79 Å². The molecular weight excluding hydrogens is 382 g/mol. The second-order valence-corrected chi connectivity index (χ2v) is 8.48. The molecule has 0 spiro atoms. The predicted octanol–water partition coefficient (Wildman–Crippen LogP) is 2.68. The number of nitrogens with zero attached hydrogens (tertiary/aromatic N) is 2. The van der Waals surface area contributed by atoms with Crippen LogP contribution in [0.2, 0.25) is 0 Å². The minimum absolute atomic E-state index is 0.0980. The molecule has 2 aromatic rings. The van der Waals surface area contributed by atoms with Crippen LogP contribution in [-0.4, -0.2) is 53.0 Å². The summed E-state index contributed by atoms with van der Waals surface area (Å²) in [7, 11) is 1.50. The number of rotatable bonds is 7. The van der Waals surface area contributed by atoms with E-state index in [0.29, 0.717) is 12.1 Å². The first-order chi connectivity index (χ1) is 14.0. The molecule has 30 heavy (non-hydrogen) atoms. The Hall–Kier alpha value is -3.09. The fraction of sp³-hybridized carbons (Fsp3) is 0.435. The van der Waals surface area contributed by atoms with Gasteiger partial charge in [0.15, 0.2) is 6.61 Å². The first-order valence-corrected chi connectivity index (χ1v) is 9.90. The number of nitrogens with one attached hydrogen (secondary N) is 1. The van der Waals surface area contributed by atoms with Crippen LogP contribution in [0.4, 0.5) is 0 Å². The SMILES string of the molecule is Cc1cc(C(=O)OCC(=O)N(C)CC(=O)NC(C)(C)C)c(C)n1Cc1ccccc1. The van der Waals surface area contributed by atoms with Crippen LogP contribution in [0.25, 0.3) is 0 Å². The minimum Gasteiger partial charge on any atom is -0.452 e. The molecule has 0 saturated heterocycles. The molecule has 1 heterocycles. The van der Waals surface area contributed by atoms with Crippen molar-refractivity contribution in [3.05, 3.63) is 58.9 Å². The van der Waals surface area contributed by atoms with Gasteiger partial charge in [0, 0.05) is 30.5 Å². The van der Waals surface area contributed by atoms with E-state index in [4.69, 9.17) is 4.74 Å². The van der Waals surface area contributed by atoms with Crippen LogP contribution in [0.3, 0.4) is 0 Å². The summed E-state index contributed by atoms with van der Waals surface area (Å²) in [4.78, 5) is 38.0. The molecule has 0 radical (unpaired) electrons. The summed E-state index contributed by atoms with van der Waals surface area (Å²) in [6.45, 7) is 9.51. The first-order valence-electron chi connectivity index (χ1n) is 9.90. The summed E-state index contributed by atoms with van der Waals surface area (Å²) >= 11 is 0. The van der Waals surface area contributed by atoms with Crippen molar-refractivity contribution in [1.82, 2.24) is 14.8 Å². The van der Waals surface area contributed by atoms with Gasteiger partial charge in [0.05, 0.1) is 12.1 Å². The maximum atomic E-state index is 12.5. The van der Waals surface area contributed by atoms with E-state index in [2.05, 4.69) is 5.32 Å². The largest absolute Gasteiger partial charge is 0.452 e. The van der Waals surface area contributed by atoms with Gasteiger partial charge in [-0.1, -0.05) is 30.3 Å². The molecule has 1 aromatic heterocycles. The molecule has 0 aliphatic rings. The lowest BCUT2D eigenvalue weighted by atomic mass is 10.1. The zero-order chi connectivity index (χ0) is 22.5. The van der Waals surface area contributed by atoms with Gasteiger partial charge in [-0.15, -0.1) is 0 Å². The molecule has 0 fully saturated rings. The van der Waals surface area contributed by atoms with E-state index in [1.807, 2.05) is 69.5 Å². The third-order valence-electron chi connectivity index (χ3n) is 4.62. The third kappa shape index (κ3) is 6.47. The van der Waals surface area contributed by atoms with Gasteiger partial charge in [0.2, 0.25) is 5.91 Å². The van der Waals surface area contributed by atoms with E-state index in [-0.39, 0.29) is 18.0 Å². The van der Waals surface area contributed by atoms with Crippen LogP contribution in [0, 0.1) is 13.8 Å². The van der Waals surface area contributed by atoms with Gasteiger partial charge in [-0.05, 0) is 46.2 Å². The van der Waals surface area contributed by atoms with Crippen molar-refractivity contribution < 1.29 is 19.1 Å². The van der Waals surface area contributed by atoms with Gasteiger partial charge in [-0.2, -0.15) is 0 Å². The lowest BCUT2D eigenvalue weighted by molar-refractivity contribution is -0.137. The molecule has 1 aromatic carbocycles. The Morgan fingerprint density at radius 3 is 2.33 bits per heavy atom. The van der Waals surface area contributed by atoms with Crippen molar-refractivity contribution in [2.45, 2.75) is 46.7 Å². The van der Waals surface area contributed by atoms with Gasteiger partial charge >= 0.3 is 5.97 Å². The Balaban J connectivity index is 1.95. The zero-order valence-electron chi connectivity index (χ0n) is 18.6. The lowest BCUT2D eigenvalue weighted by Gasteiger charge is -2.23. The number of hydrogen-bond acceptors (Lipinski definition) is 4. The Morgan fingerprint density at radius 1 is 1.10 bits per heavy atom. The minimum atomic E-state index is -0.552. The van der Waals surface area contributed by atoms with Crippen molar-refractivity contribution in [3.63, 3.8) is 0 Å². The van der Waals surface area contributed by atoms with Crippen molar-refractivity contribution >= 4 is 17.8 Å². The van der Waals surface area contributed by atoms with E-state index >= 15 is 0 Å². The van der Waals surface area contributed by atoms with E-state index in [1.54, 1.807) is 6.07 Å². The van der Waals surface area contributed by atoms with Crippen LogP contribution in [0.15, 0.2) is 36.4 Å². The molecular formula is C23H31N3O4. The fourth-order valence-electron chi connectivity index (χ4n) is 3.09. The molecule has 162 valence electrons. The number of aryl methyl sites for hydroxylation is 1. The molecule has 0 bridgehead atoms. The van der Waals surface area contributed by atoms with Crippen LogP contribution in [0.1, 0.15) is 48.1 Å². The molecule has 7 heteroatoms. The number of carbonyl (C=O) groups excluding carboxylic acids is 3. The second kappa shape index (κ2) is 9.61. The molecule has 0 aliphatic carbocycles. The number of likely N-dealkylation sites (N-methyl/N-ethyl adjacent to an activating group) is 1. The molecule has 0 saturated carbocycles. The maximum absolute atomic E-state index is 12.5. The molecule has 0 aliphatic heterocycles. The van der Waals surface area contributed by atoms with Crippen LogP contribution < -0.4 is 5.32 Å². The number of benzene rings is 1. The topological polar surface area (TPSA) is 80.6 Å². The van der Waals surface area contributed by atoms with Crippen molar-refractivity contribution in [1.29, 1.82) is 0 Å². The Morgan fingerprint density at radius 2 is 1.73 bits per heavy atom. The quantitative estimate of drug-likeness (QED) is 0.708. The van der Waals surface area contributed by atoms with Crippen LogP contribution >= 0.6 is 0 Å². The second-order valence-electron chi connectivity index (χ2n) is 8.48. The highest BCUT2D eigenvalue weighted by molar-refractivity contribution is 5.93. The summed E-state index contributed by atoms with van der Waals surface area (Å²) in [5, 5.41) is 2.79. The highest BCUT2D eigenvalue weighted by Gasteiger charge is 2.21. The van der Waals surface area contributed by atoms with E-state index in [9.17, 15) is 14.4 Å². The summed E-state index contributed by atoms with van der Waals surface area (Å²) in [5.74, 6) is -1.26. The smallest absolute Gasteiger partial charge is 0.340 e. The number of amides is 2. The number of ether oxygens (including phenoxy) is 1. The Kier molecular flexibility index (Phi) is 7.43. The standard InChI is InChI=1S/C23H31N3O4/c1-16-12-19(17(2)26(16)13-18-10-8-7-9-11-18)22(29)30-15-21(28)25(6)14-20(27)24-23(3,4)5/h7-12H,13-15H2,1-6H3,(H,24,27). The van der Waals surface area contributed by atoms with E-state index < -0.39 is 18.5 Å². The highest BCUT2D eigenvalue weighted by atomic mass is 16.5. The van der Waals surface area contributed by atoms with Crippen molar-refractivity contribution in [2.24, 2.45) is 0 Å². The molecule has 2 amide bonds. The molecule has 7 nitrogen and oxygen atoms in total. The molecule has 0 atom stereocenters. The highest BCUT2D eigenvalue weighted by Crippen LogP contribution is 2.18. The van der Waals surface area contributed by atoms with E-state index in [0.717, 1.165) is 17.0 Å². The number of hydrogen-bond donors (Lipinski definition) is 1.